The van der Waals surface area contributed by atoms with Crippen LogP contribution in [-0.4, -0.2) is 22.4 Å². The fourth-order valence-electron chi connectivity index (χ4n) is 3.33. The minimum atomic E-state index is -4.76. The molecule has 0 aliphatic carbocycles. The number of aromatic amines is 1. The first-order chi connectivity index (χ1) is 14.7. The second-order valence-electron chi connectivity index (χ2n) is 6.70. The topological polar surface area (TPSA) is 79.4 Å². The van der Waals surface area contributed by atoms with Crippen molar-refractivity contribution < 1.29 is 27.8 Å². The molecule has 31 heavy (non-hydrogen) atoms. The fourth-order valence-corrected chi connectivity index (χ4v) is 3.33. The Bertz CT molecular complexity index is 1320. The zero-order valence-corrected chi connectivity index (χ0v) is 15.7. The minimum absolute atomic E-state index is 0.177. The Labute approximate surface area is 173 Å². The van der Waals surface area contributed by atoms with Gasteiger partial charge in [0.15, 0.2) is 0 Å². The zero-order chi connectivity index (χ0) is 22.2. The van der Waals surface area contributed by atoms with Crippen molar-refractivity contribution in [1.29, 1.82) is 0 Å². The number of carboxylic acid groups (broad SMARTS) is 1. The number of rotatable bonds is 4. The van der Waals surface area contributed by atoms with Crippen molar-refractivity contribution in [1.82, 2.24) is 4.98 Å². The van der Waals surface area contributed by atoms with Crippen molar-refractivity contribution >= 4 is 16.9 Å². The lowest BCUT2D eigenvalue weighted by Gasteiger charge is -2.11. The van der Waals surface area contributed by atoms with E-state index in [2.05, 4.69) is 9.72 Å². The lowest BCUT2D eigenvalue weighted by Crippen LogP contribution is -2.18. The van der Waals surface area contributed by atoms with Crippen LogP contribution in [-0.2, 0) is 0 Å². The van der Waals surface area contributed by atoms with Crippen LogP contribution in [0.2, 0.25) is 0 Å². The van der Waals surface area contributed by atoms with Crippen molar-refractivity contribution in [3.63, 3.8) is 0 Å². The smallest absolute Gasteiger partial charge is 0.477 e. The molecule has 3 aromatic carbocycles. The molecule has 4 rings (SSSR count). The van der Waals surface area contributed by atoms with E-state index in [1.807, 2.05) is 0 Å². The Morgan fingerprint density at radius 2 is 1.39 bits per heavy atom. The number of fused-ring (bicyclic) bond motifs is 1. The van der Waals surface area contributed by atoms with E-state index in [0.717, 1.165) is 0 Å². The average Bonchev–Trinajstić information content (AvgIpc) is 2.73. The van der Waals surface area contributed by atoms with Crippen molar-refractivity contribution in [2.75, 3.05) is 0 Å². The number of ether oxygens (including phenoxy) is 1. The Morgan fingerprint density at radius 3 is 1.97 bits per heavy atom. The highest BCUT2D eigenvalue weighted by Gasteiger charge is 2.31. The largest absolute Gasteiger partial charge is 0.573 e. The maximum atomic E-state index is 12.7. The van der Waals surface area contributed by atoms with Crippen molar-refractivity contribution in [3.8, 4) is 28.1 Å². The van der Waals surface area contributed by atoms with Gasteiger partial charge in [0.2, 0.25) is 5.43 Å². The third kappa shape index (κ3) is 4.13. The summed E-state index contributed by atoms with van der Waals surface area (Å²) in [5.41, 5.74) is 1.57. The van der Waals surface area contributed by atoms with Gasteiger partial charge in [0.05, 0.1) is 5.69 Å². The number of carbonyl (C=O) groups is 1. The number of pyridine rings is 1. The lowest BCUT2D eigenvalue weighted by molar-refractivity contribution is -0.274. The van der Waals surface area contributed by atoms with Gasteiger partial charge in [0, 0.05) is 10.9 Å². The number of carboxylic acids is 1. The second kappa shape index (κ2) is 7.64. The Morgan fingerprint density at radius 1 is 0.839 bits per heavy atom. The Balaban J connectivity index is 1.72. The number of aromatic carboxylic acids is 1. The third-order valence-electron chi connectivity index (χ3n) is 4.72. The molecule has 1 heterocycles. The molecule has 4 aromatic rings. The Hall–Kier alpha value is -4.07. The highest BCUT2D eigenvalue weighted by molar-refractivity contribution is 5.99. The fraction of sp³-hybridized carbons (Fsp3) is 0.0435. The van der Waals surface area contributed by atoms with Crippen molar-refractivity contribution in [2.45, 2.75) is 6.36 Å². The van der Waals surface area contributed by atoms with Crippen molar-refractivity contribution in [3.05, 3.63) is 88.6 Å². The van der Waals surface area contributed by atoms with Gasteiger partial charge in [0.25, 0.3) is 0 Å². The predicted octanol–water partition coefficient (Wildman–Crippen LogP) is 5.46. The van der Waals surface area contributed by atoms with Gasteiger partial charge in [-0.15, -0.1) is 13.2 Å². The summed E-state index contributed by atoms with van der Waals surface area (Å²) in [5, 5.41) is 9.87. The number of alkyl halides is 3. The molecule has 0 atom stereocenters. The monoisotopic (exact) mass is 425 g/mol. The van der Waals surface area contributed by atoms with Crippen LogP contribution in [0.15, 0.2) is 77.6 Å². The first kappa shape index (κ1) is 20.2. The van der Waals surface area contributed by atoms with Gasteiger partial charge in [0.1, 0.15) is 11.3 Å². The molecular weight excluding hydrogens is 411 g/mol. The number of nitrogens with one attached hydrogen (secondary N) is 1. The van der Waals surface area contributed by atoms with E-state index in [1.54, 1.807) is 48.5 Å². The number of aromatic nitrogens is 1. The molecule has 1 aromatic heterocycles. The summed E-state index contributed by atoms with van der Waals surface area (Å²) in [5.74, 6) is -1.67. The van der Waals surface area contributed by atoms with E-state index in [9.17, 15) is 27.9 Å². The first-order valence-electron chi connectivity index (χ1n) is 9.08. The van der Waals surface area contributed by atoms with E-state index >= 15 is 0 Å². The molecule has 0 fully saturated rings. The quantitative estimate of drug-likeness (QED) is 0.455. The minimum Gasteiger partial charge on any atom is -0.477 e. The number of halogens is 3. The van der Waals surface area contributed by atoms with Gasteiger partial charge in [-0.3, -0.25) is 4.79 Å². The number of hydrogen-bond acceptors (Lipinski definition) is 3. The molecule has 5 nitrogen and oxygen atoms in total. The number of para-hydroxylation sites is 1. The van der Waals surface area contributed by atoms with Gasteiger partial charge >= 0.3 is 12.3 Å². The van der Waals surface area contributed by atoms with E-state index in [0.29, 0.717) is 22.2 Å². The molecule has 0 saturated carbocycles. The van der Waals surface area contributed by atoms with Gasteiger partial charge in [-0.25, -0.2) is 4.79 Å². The van der Waals surface area contributed by atoms with Gasteiger partial charge in [-0.2, -0.15) is 0 Å². The normalized spacial score (nSPS) is 11.5. The van der Waals surface area contributed by atoms with E-state index < -0.39 is 17.8 Å². The maximum Gasteiger partial charge on any atom is 0.573 e. The summed E-state index contributed by atoms with van der Waals surface area (Å²) in [6.45, 7) is 0. The summed E-state index contributed by atoms with van der Waals surface area (Å²) >= 11 is 0. The van der Waals surface area contributed by atoms with Crippen LogP contribution in [0, 0.1) is 0 Å². The van der Waals surface area contributed by atoms with Gasteiger partial charge < -0.3 is 14.8 Å². The molecule has 0 amide bonds. The van der Waals surface area contributed by atoms with Crippen LogP contribution < -0.4 is 10.2 Å². The maximum absolute atomic E-state index is 12.7. The molecular formula is C23H14F3NO4. The highest BCUT2D eigenvalue weighted by Crippen LogP contribution is 2.29. The molecule has 2 N–H and O–H groups in total. The molecule has 0 spiro atoms. The van der Waals surface area contributed by atoms with Crippen LogP contribution in [0.3, 0.4) is 0 Å². The summed E-state index contributed by atoms with van der Waals surface area (Å²) < 4.78 is 40.8. The molecule has 8 heteroatoms. The van der Waals surface area contributed by atoms with Crippen LogP contribution in [0.5, 0.6) is 5.75 Å². The molecule has 0 saturated heterocycles. The van der Waals surface area contributed by atoms with E-state index in [-0.39, 0.29) is 22.4 Å². The predicted molar refractivity (Wildman–Crippen MR) is 109 cm³/mol. The molecule has 0 radical (unpaired) electrons. The summed E-state index contributed by atoms with van der Waals surface area (Å²) in [7, 11) is 0. The average molecular weight is 425 g/mol. The third-order valence-corrected chi connectivity index (χ3v) is 4.72. The first-order valence-corrected chi connectivity index (χ1v) is 9.08. The molecule has 0 aliphatic heterocycles. The molecule has 0 bridgehead atoms. The molecule has 156 valence electrons. The van der Waals surface area contributed by atoms with Crippen molar-refractivity contribution in [2.24, 2.45) is 0 Å². The SMILES string of the molecule is O=C(O)c1c(-c2ccc(-c3ccc(OC(F)(F)F)cc3)cc2)[nH]c2ccccc2c1=O. The summed E-state index contributed by atoms with van der Waals surface area (Å²) in [4.78, 5) is 27.5. The van der Waals surface area contributed by atoms with Gasteiger partial charge in [-0.05, 0) is 41.0 Å². The van der Waals surface area contributed by atoms with E-state index in [1.165, 1.54) is 24.3 Å². The van der Waals surface area contributed by atoms with E-state index in [4.69, 9.17) is 0 Å². The van der Waals surface area contributed by atoms with Crippen LogP contribution in [0.1, 0.15) is 10.4 Å². The zero-order valence-electron chi connectivity index (χ0n) is 15.7. The van der Waals surface area contributed by atoms with Crippen LogP contribution >= 0.6 is 0 Å². The number of H-pyrrole nitrogens is 1. The number of benzene rings is 3. The Kier molecular flexibility index (Phi) is 4.98. The molecule has 0 aliphatic rings. The number of hydrogen-bond donors (Lipinski definition) is 2. The molecule has 0 unspecified atom stereocenters. The summed E-state index contributed by atoms with van der Waals surface area (Å²) in [6, 6.07) is 18.7. The standard InChI is InChI=1S/C23H14F3NO4/c24-23(25,26)31-16-11-9-14(10-12-16)13-5-7-15(8-6-13)20-19(22(29)30)21(28)17-3-1-2-4-18(17)27-20/h1-12H,(H,27,28)(H,29,30). The van der Waals surface area contributed by atoms with Crippen LogP contribution in [0.25, 0.3) is 33.3 Å². The highest BCUT2D eigenvalue weighted by atomic mass is 19.4. The second-order valence-corrected chi connectivity index (χ2v) is 6.70. The van der Waals surface area contributed by atoms with Crippen LogP contribution in [0.4, 0.5) is 13.2 Å². The lowest BCUT2D eigenvalue weighted by atomic mass is 9.99. The summed E-state index contributed by atoms with van der Waals surface area (Å²) in [6.07, 6.45) is -4.76. The van der Waals surface area contributed by atoms with Gasteiger partial charge in [-0.1, -0.05) is 48.5 Å².